The van der Waals surface area contributed by atoms with Gasteiger partial charge in [0, 0.05) is 30.9 Å². The number of nitrogens with one attached hydrogen (secondary N) is 2. The number of amides is 2. The number of ether oxygens (including phenoxy) is 1. The van der Waals surface area contributed by atoms with Gasteiger partial charge in [0.25, 0.3) is 5.91 Å². The highest BCUT2D eigenvalue weighted by Crippen LogP contribution is 2.16. The smallest absolute Gasteiger partial charge is 0.277 e. The van der Waals surface area contributed by atoms with Crippen molar-refractivity contribution in [3.63, 3.8) is 0 Å². The number of rotatable bonds is 6. The Morgan fingerprint density at radius 2 is 2.29 bits per heavy atom. The number of hydrogen-bond acceptors (Lipinski definition) is 7. The Balaban J connectivity index is 1.48. The third-order valence-corrected chi connectivity index (χ3v) is 4.27. The maximum Gasteiger partial charge on any atom is 0.277 e. The normalized spacial score (nSPS) is 16.8. The lowest BCUT2D eigenvalue weighted by atomic mass is 10.2. The van der Waals surface area contributed by atoms with Gasteiger partial charge in [0.15, 0.2) is 5.13 Å². The minimum absolute atomic E-state index is 0.109. The van der Waals surface area contributed by atoms with Crippen molar-refractivity contribution in [2.45, 2.75) is 25.4 Å². The first-order valence-corrected chi connectivity index (χ1v) is 8.49. The van der Waals surface area contributed by atoms with Crippen LogP contribution in [-0.2, 0) is 16.0 Å². The van der Waals surface area contributed by atoms with Gasteiger partial charge < -0.3 is 10.1 Å². The quantitative estimate of drug-likeness (QED) is 0.808. The van der Waals surface area contributed by atoms with Crippen molar-refractivity contribution in [1.29, 1.82) is 0 Å². The molecule has 2 aromatic heterocycles. The maximum absolute atomic E-state index is 12.0. The third kappa shape index (κ3) is 4.56. The van der Waals surface area contributed by atoms with E-state index in [1.54, 1.807) is 5.38 Å². The molecule has 3 rings (SSSR count). The molecule has 0 unspecified atom stereocenters. The van der Waals surface area contributed by atoms with Crippen molar-refractivity contribution < 1.29 is 14.3 Å². The van der Waals surface area contributed by atoms with E-state index in [4.69, 9.17) is 4.74 Å². The van der Waals surface area contributed by atoms with Crippen molar-refractivity contribution in [3.05, 3.63) is 35.4 Å². The zero-order valence-electron chi connectivity index (χ0n) is 12.9. The summed E-state index contributed by atoms with van der Waals surface area (Å²) in [5.74, 6) is -0.491. The van der Waals surface area contributed by atoms with Crippen LogP contribution in [0.5, 0.6) is 0 Å². The standard InChI is InChI=1S/C15H17N5O3S/c21-13(18-7-11-2-1-5-23-11)6-10-9-24-15(19-10)20-14(22)12-8-16-3-4-17-12/h3-4,8-9,11H,1-2,5-7H2,(H,18,21)(H,19,20,22)/t11-/m0/s1. The molecular weight excluding hydrogens is 330 g/mol. The van der Waals surface area contributed by atoms with Crippen LogP contribution in [0.4, 0.5) is 5.13 Å². The topological polar surface area (TPSA) is 106 Å². The van der Waals surface area contributed by atoms with E-state index in [0.29, 0.717) is 17.4 Å². The van der Waals surface area contributed by atoms with Gasteiger partial charge >= 0.3 is 0 Å². The molecule has 8 nitrogen and oxygen atoms in total. The molecule has 2 N–H and O–H groups in total. The van der Waals surface area contributed by atoms with Crippen LogP contribution in [0.25, 0.3) is 0 Å². The molecule has 1 saturated heterocycles. The number of hydrogen-bond donors (Lipinski definition) is 2. The molecule has 2 amide bonds. The molecule has 1 aliphatic rings. The van der Waals surface area contributed by atoms with Gasteiger partial charge in [-0.3, -0.25) is 19.9 Å². The first-order valence-electron chi connectivity index (χ1n) is 7.61. The number of anilines is 1. The monoisotopic (exact) mass is 347 g/mol. The van der Waals surface area contributed by atoms with Gasteiger partial charge in [-0.25, -0.2) is 9.97 Å². The van der Waals surface area contributed by atoms with Gasteiger partial charge in [0.05, 0.1) is 24.4 Å². The summed E-state index contributed by atoms with van der Waals surface area (Å²) in [5, 5.41) is 7.66. The molecule has 1 fully saturated rings. The van der Waals surface area contributed by atoms with Crippen LogP contribution in [0.15, 0.2) is 24.0 Å². The summed E-state index contributed by atoms with van der Waals surface area (Å²) >= 11 is 1.26. The fourth-order valence-electron chi connectivity index (χ4n) is 2.28. The lowest BCUT2D eigenvalue weighted by molar-refractivity contribution is -0.121. The van der Waals surface area contributed by atoms with E-state index in [1.807, 2.05) is 0 Å². The predicted molar refractivity (Wildman–Crippen MR) is 87.8 cm³/mol. The highest BCUT2D eigenvalue weighted by atomic mass is 32.1. The summed E-state index contributed by atoms with van der Waals surface area (Å²) in [4.78, 5) is 35.9. The van der Waals surface area contributed by atoms with Gasteiger partial charge in [0.2, 0.25) is 5.91 Å². The molecule has 0 saturated carbocycles. The van der Waals surface area contributed by atoms with Crippen LogP contribution in [0.1, 0.15) is 29.0 Å². The maximum atomic E-state index is 12.0. The van der Waals surface area contributed by atoms with Crippen molar-refractivity contribution >= 4 is 28.3 Å². The minimum atomic E-state index is -0.383. The molecule has 3 heterocycles. The Morgan fingerprint density at radius 1 is 1.38 bits per heavy atom. The fraction of sp³-hybridized carbons (Fsp3) is 0.400. The van der Waals surface area contributed by atoms with Gasteiger partial charge in [-0.05, 0) is 12.8 Å². The number of thiazole rings is 1. The average Bonchev–Trinajstić information content (AvgIpc) is 3.26. The molecule has 1 aliphatic heterocycles. The van der Waals surface area contributed by atoms with E-state index in [0.717, 1.165) is 19.4 Å². The summed E-state index contributed by atoms with van der Waals surface area (Å²) in [6.45, 7) is 1.29. The van der Waals surface area contributed by atoms with Crippen molar-refractivity contribution in [2.75, 3.05) is 18.5 Å². The summed E-state index contributed by atoms with van der Waals surface area (Å²) in [6.07, 6.45) is 6.63. The van der Waals surface area contributed by atoms with E-state index in [9.17, 15) is 9.59 Å². The Hall–Kier alpha value is -2.39. The van der Waals surface area contributed by atoms with Crippen molar-refractivity contribution in [3.8, 4) is 0 Å². The molecule has 2 aromatic rings. The number of carbonyl (C=O) groups excluding carboxylic acids is 2. The van der Waals surface area contributed by atoms with E-state index < -0.39 is 0 Å². The third-order valence-electron chi connectivity index (χ3n) is 3.46. The van der Waals surface area contributed by atoms with Crippen LogP contribution < -0.4 is 10.6 Å². The predicted octanol–water partition coefficient (Wildman–Crippen LogP) is 1.02. The average molecular weight is 347 g/mol. The SMILES string of the molecule is O=C(Cc1csc(NC(=O)c2cnccn2)n1)NC[C@@H]1CCCO1. The van der Waals surface area contributed by atoms with E-state index >= 15 is 0 Å². The number of carbonyl (C=O) groups is 2. The van der Waals surface area contributed by atoms with Crippen LogP contribution >= 0.6 is 11.3 Å². The van der Waals surface area contributed by atoms with Crippen LogP contribution in [0.3, 0.4) is 0 Å². The van der Waals surface area contributed by atoms with Gasteiger partial charge in [-0.1, -0.05) is 0 Å². The second-order valence-electron chi connectivity index (χ2n) is 5.30. The van der Waals surface area contributed by atoms with Crippen LogP contribution in [-0.4, -0.2) is 46.0 Å². The lowest BCUT2D eigenvalue weighted by Crippen LogP contribution is -2.32. The Kier molecular flexibility index (Phi) is 5.44. The molecule has 126 valence electrons. The van der Waals surface area contributed by atoms with Crippen molar-refractivity contribution in [2.24, 2.45) is 0 Å². The first kappa shape index (κ1) is 16.5. The van der Waals surface area contributed by atoms with E-state index in [-0.39, 0.29) is 30.0 Å². The molecule has 0 radical (unpaired) electrons. The van der Waals surface area contributed by atoms with Gasteiger partial charge in [-0.15, -0.1) is 11.3 Å². The summed E-state index contributed by atoms with van der Waals surface area (Å²) < 4.78 is 5.46. The number of aromatic nitrogens is 3. The zero-order valence-corrected chi connectivity index (χ0v) is 13.7. The molecule has 9 heteroatoms. The van der Waals surface area contributed by atoms with Crippen LogP contribution in [0, 0.1) is 0 Å². The van der Waals surface area contributed by atoms with E-state index in [2.05, 4.69) is 25.6 Å². The molecular formula is C15H17N5O3S. The number of nitrogens with zero attached hydrogens (tertiary/aromatic N) is 3. The molecule has 0 aliphatic carbocycles. The Bertz CT molecular complexity index is 700. The minimum Gasteiger partial charge on any atom is -0.376 e. The largest absolute Gasteiger partial charge is 0.376 e. The highest BCUT2D eigenvalue weighted by Gasteiger charge is 2.17. The second-order valence-corrected chi connectivity index (χ2v) is 6.16. The molecule has 0 bridgehead atoms. The lowest BCUT2D eigenvalue weighted by Gasteiger charge is -2.09. The highest BCUT2D eigenvalue weighted by molar-refractivity contribution is 7.14. The fourth-order valence-corrected chi connectivity index (χ4v) is 2.99. The second kappa shape index (κ2) is 7.93. The summed E-state index contributed by atoms with van der Waals surface area (Å²) in [5.41, 5.74) is 0.822. The molecule has 0 spiro atoms. The van der Waals surface area contributed by atoms with Gasteiger partial charge in [0.1, 0.15) is 5.69 Å². The zero-order chi connectivity index (χ0) is 16.8. The molecule has 24 heavy (non-hydrogen) atoms. The summed E-state index contributed by atoms with van der Waals surface area (Å²) in [6, 6.07) is 0. The molecule has 0 aromatic carbocycles. The first-order chi connectivity index (χ1) is 11.7. The Labute approximate surface area is 142 Å². The van der Waals surface area contributed by atoms with Gasteiger partial charge in [-0.2, -0.15) is 0 Å². The van der Waals surface area contributed by atoms with E-state index in [1.165, 1.54) is 29.9 Å². The van der Waals surface area contributed by atoms with Crippen LogP contribution in [0.2, 0.25) is 0 Å². The summed E-state index contributed by atoms with van der Waals surface area (Å²) in [7, 11) is 0. The van der Waals surface area contributed by atoms with Crippen molar-refractivity contribution in [1.82, 2.24) is 20.3 Å². The molecule has 1 atom stereocenters. The Morgan fingerprint density at radius 3 is 3.04 bits per heavy atom.